The number of aryl methyl sites for hydroxylation is 1. The fourth-order valence-electron chi connectivity index (χ4n) is 3.85. The predicted octanol–water partition coefficient (Wildman–Crippen LogP) is 6.20. The summed E-state index contributed by atoms with van der Waals surface area (Å²) in [4.78, 5) is 2.34. The Balaban J connectivity index is 1.50. The van der Waals surface area contributed by atoms with Gasteiger partial charge in [0.1, 0.15) is 0 Å². The van der Waals surface area contributed by atoms with E-state index < -0.39 is 12.1 Å². The third-order valence-corrected chi connectivity index (χ3v) is 5.98. The van der Waals surface area contributed by atoms with Crippen molar-refractivity contribution in [2.24, 2.45) is 5.92 Å². The van der Waals surface area contributed by atoms with Gasteiger partial charge in [-0.2, -0.15) is 13.2 Å². The molecule has 27 heavy (non-hydrogen) atoms. The van der Waals surface area contributed by atoms with Crippen LogP contribution in [-0.2, 0) is 13.0 Å². The van der Waals surface area contributed by atoms with Crippen LogP contribution in [0.2, 0.25) is 0 Å². The van der Waals surface area contributed by atoms with Crippen LogP contribution < -0.4 is 0 Å². The lowest BCUT2D eigenvalue weighted by Crippen LogP contribution is -2.36. The summed E-state index contributed by atoms with van der Waals surface area (Å²) in [5.41, 5.74) is 3.33. The maximum atomic E-state index is 13.0. The monoisotopic (exact) mass is 375 g/mol. The minimum absolute atomic E-state index is 0.265. The van der Waals surface area contributed by atoms with E-state index in [1.807, 2.05) is 30.3 Å². The molecule has 0 N–H and O–H groups in total. The molecule has 3 atom stereocenters. The van der Waals surface area contributed by atoms with Gasteiger partial charge >= 0.3 is 6.18 Å². The summed E-state index contributed by atoms with van der Waals surface area (Å²) in [6.45, 7) is 3.14. The number of nitrogens with zero attached hydrogens (tertiary/aromatic N) is 1. The Hall–Kier alpha value is -1.81. The number of hydrogen-bond acceptors (Lipinski definition) is 1. The van der Waals surface area contributed by atoms with Gasteiger partial charge in [0.05, 0.1) is 5.92 Å². The van der Waals surface area contributed by atoms with Gasteiger partial charge in [0.2, 0.25) is 0 Å². The van der Waals surface area contributed by atoms with Crippen LogP contribution in [0.25, 0.3) is 0 Å². The molecular formula is C23H28F3N. The van der Waals surface area contributed by atoms with E-state index in [0.29, 0.717) is 12.5 Å². The number of benzene rings is 2. The van der Waals surface area contributed by atoms with Crippen molar-refractivity contribution in [2.45, 2.75) is 57.3 Å². The molecule has 0 heterocycles. The second-order valence-electron chi connectivity index (χ2n) is 7.86. The Morgan fingerprint density at radius 1 is 0.963 bits per heavy atom. The summed E-state index contributed by atoms with van der Waals surface area (Å²) in [5, 5.41) is 0. The molecule has 1 aliphatic rings. The van der Waals surface area contributed by atoms with Crippen molar-refractivity contribution in [3.8, 4) is 0 Å². The molecule has 1 fully saturated rings. The lowest BCUT2D eigenvalue weighted by Gasteiger charge is -2.38. The van der Waals surface area contributed by atoms with Gasteiger partial charge in [-0.3, -0.25) is 4.90 Å². The zero-order valence-electron chi connectivity index (χ0n) is 16.0. The second-order valence-corrected chi connectivity index (χ2v) is 7.86. The quantitative estimate of drug-likeness (QED) is 0.557. The van der Waals surface area contributed by atoms with Crippen LogP contribution in [-0.4, -0.2) is 24.2 Å². The van der Waals surface area contributed by atoms with Crippen LogP contribution in [0.5, 0.6) is 0 Å². The molecule has 1 saturated carbocycles. The van der Waals surface area contributed by atoms with Gasteiger partial charge in [-0.15, -0.1) is 0 Å². The van der Waals surface area contributed by atoms with Crippen LogP contribution in [0.15, 0.2) is 54.6 Å². The van der Waals surface area contributed by atoms with Crippen molar-refractivity contribution in [1.82, 2.24) is 4.90 Å². The van der Waals surface area contributed by atoms with E-state index in [9.17, 15) is 13.2 Å². The molecule has 1 aliphatic carbocycles. The summed E-state index contributed by atoms with van der Waals surface area (Å²) < 4.78 is 38.9. The fourth-order valence-corrected chi connectivity index (χ4v) is 3.85. The number of alkyl halides is 3. The van der Waals surface area contributed by atoms with Crippen LogP contribution in [0.4, 0.5) is 13.2 Å². The van der Waals surface area contributed by atoms with Crippen LogP contribution in [0, 0.1) is 5.92 Å². The highest BCUT2D eigenvalue weighted by atomic mass is 19.4. The molecule has 4 heteroatoms. The molecule has 0 spiro atoms. The molecule has 0 aromatic heterocycles. The maximum absolute atomic E-state index is 13.0. The molecule has 0 saturated heterocycles. The van der Waals surface area contributed by atoms with Gasteiger partial charge in [0.15, 0.2) is 0 Å². The van der Waals surface area contributed by atoms with E-state index in [1.54, 1.807) is 0 Å². The standard InChI is InChI=1S/C23H28F3N/c1-17(27(2)16-19-6-4-3-5-7-19)8-9-18-10-12-20(13-11-18)21-14-15-22(21)23(24,25)26/h3-7,10-13,17,21-22H,8-9,14-16H2,1-2H3. The van der Waals surface area contributed by atoms with Crippen molar-refractivity contribution < 1.29 is 13.2 Å². The Bertz CT molecular complexity index is 709. The Morgan fingerprint density at radius 3 is 2.19 bits per heavy atom. The predicted molar refractivity (Wildman–Crippen MR) is 104 cm³/mol. The SMILES string of the molecule is CC(CCc1ccc(C2CCC2C(F)(F)F)cc1)N(C)Cc1ccccc1. The van der Waals surface area contributed by atoms with Gasteiger partial charge in [0.25, 0.3) is 0 Å². The molecule has 0 aliphatic heterocycles. The smallest absolute Gasteiger partial charge is 0.299 e. The van der Waals surface area contributed by atoms with Crippen molar-refractivity contribution in [1.29, 1.82) is 0 Å². The maximum Gasteiger partial charge on any atom is 0.392 e. The van der Waals surface area contributed by atoms with E-state index in [2.05, 4.69) is 43.1 Å². The highest BCUT2D eigenvalue weighted by Gasteiger charge is 2.50. The normalized spacial score (nSPS) is 21.1. The lowest BCUT2D eigenvalue weighted by molar-refractivity contribution is -0.200. The molecule has 1 nitrogen and oxygen atoms in total. The highest BCUT2D eigenvalue weighted by Crippen LogP contribution is 2.50. The lowest BCUT2D eigenvalue weighted by atomic mass is 9.69. The molecular weight excluding hydrogens is 347 g/mol. The van der Waals surface area contributed by atoms with Crippen molar-refractivity contribution in [2.75, 3.05) is 7.05 Å². The van der Waals surface area contributed by atoms with Gasteiger partial charge in [0, 0.05) is 12.6 Å². The Labute approximate surface area is 160 Å². The molecule has 3 unspecified atom stereocenters. The molecule has 3 rings (SSSR count). The Kier molecular flexibility index (Phi) is 6.25. The third-order valence-electron chi connectivity index (χ3n) is 5.98. The first kappa shape index (κ1) is 19.9. The van der Waals surface area contributed by atoms with E-state index in [4.69, 9.17) is 0 Å². The van der Waals surface area contributed by atoms with Crippen molar-refractivity contribution in [3.05, 3.63) is 71.3 Å². The van der Waals surface area contributed by atoms with Gasteiger partial charge < -0.3 is 0 Å². The van der Waals surface area contributed by atoms with Crippen molar-refractivity contribution >= 4 is 0 Å². The van der Waals surface area contributed by atoms with Crippen LogP contribution in [0.3, 0.4) is 0 Å². The third kappa shape index (κ3) is 5.13. The van der Waals surface area contributed by atoms with E-state index in [1.165, 1.54) is 11.1 Å². The topological polar surface area (TPSA) is 3.24 Å². The van der Waals surface area contributed by atoms with Crippen LogP contribution >= 0.6 is 0 Å². The average Bonchev–Trinajstić information content (AvgIpc) is 2.59. The minimum Gasteiger partial charge on any atom is -0.299 e. The van der Waals surface area contributed by atoms with E-state index in [0.717, 1.165) is 24.9 Å². The summed E-state index contributed by atoms with van der Waals surface area (Å²) in [6, 6.07) is 18.7. The minimum atomic E-state index is -4.07. The number of halogens is 3. The second kappa shape index (κ2) is 8.47. The first-order valence-electron chi connectivity index (χ1n) is 9.74. The molecule has 2 aromatic carbocycles. The zero-order chi connectivity index (χ0) is 19.4. The number of rotatable bonds is 7. The van der Waals surface area contributed by atoms with Gasteiger partial charge in [-0.05, 0) is 62.3 Å². The molecule has 0 amide bonds. The number of hydrogen-bond donors (Lipinski definition) is 0. The largest absolute Gasteiger partial charge is 0.392 e. The molecule has 146 valence electrons. The molecule has 2 aromatic rings. The average molecular weight is 375 g/mol. The van der Waals surface area contributed by atoms with Crippen molar-refractivity contribution in [3.63, 3.8) is 0 Å². The summed E-state index contributed by atoms with van der Waals surface area (Å²) in [5.74, 6) is -1.51. The fraction of sp³-hybridized carbons (Fsp3) is 0.478. The van der Waals surface area contributed by atoms with Gasteiger partial charge in [-0.25, -0.2) is 0 Å². The summed E-state index contributed by atoms with van der Waals surface area (Å²) in [6.07, 6.45) is -1.20. The highest BCUT2D eigenvalue weighted by molar-refractivity contribution is 5.28. The van der Waals surface area contributed by atoms with Gasteiger partial charge in [-0.1, -0.05) is 54.6 Å². The Morgan fingerprint density at radius 2 is 1.63 bits per heavy atom. The van der Waals surface area contributed by atoms with Crippen LogP contribution in [0.1, 0.15) is 48.8 Å². The van der Waals surface area contributed by atoms with E-state index >= 15 is 0 Å². The molecule has 0 bridgehead atoms. The molecule has 0 radical (unpaired) electrons. The summed E-state index contributed by atoms with van der Waals surface area (Å²) >= 11 is 0. The zero-order valence-corrected chi connectivity index (χ0v) is 16.0. The first-order chi connectivity index (χ1) is 12.8. The first-order valence-corrected chi connectivity index (χ1v) is 9.74. The van der Waals surface area contributed by atoms with E-state index in [-0.39, 0.29) is 12.3 Å². The summed E-state index contributed by atoms with van der Waals surface area (Å²) in [7, 11) is 2.13.